The lowest BCUT2D eigenvalue weighted by atomic mass is 10.0. The van der Waals surface area contributed by atoms with Gasteiger partial charge in [0.15, 0.2) is 0 Å². The zero-order valence-electron chi connectivity index (χ0n) is 19.0. The fourth-order valence-electron chi connectivity index (χ4n) is 3.93. The van der Waals surface area contributed by atoms with E-state index >= 15 is 0 Å². The molecule has 4 aromatic rings. The maximum absolute atomic E-state index is 11.6. The summed E-state index contributed by atoms with van der Waals surface area (Å²) >= 11 is 1.40. The number of thiazole rings is 1. The average molecular weight is 476 g/mol. The van der Waals surface area contributed by atoms with E-state index in [2.05, 4.69) is 56.2 Å². The number of carbonyl (C=O) groups excluding carboxylic acids is 1. The number of anilines is 2. The first kappa shape index (κ1) is 22.1. The van der Waals surface area contributed by atoms with E-state index in [0.717, 1.165) is 42.3 Å². The number of amides is 1. The van der Waals surface area contributed by atoms with Gasteiger partial charge in [-0.3, -0.25) is 4.79 Å². The van der Waals surface area contributed by atoms with Gasteiger partial charge in [-0.1, -0.05) is 11.2 Å². The maximum Gasteiger partial charge on any atom is 0.272 e. The highest BCUT2D eigenvalue weighted by Gasteiger charge is 2.20. The van der Waals surface area contributed by atoms with Crippen LogP contribution in [0.4, 0.5) is 11.5 Å². The molecule has 0 aliphatic carbocycles. The van der Waals surface area contributed by atoms with Gasteiger partial charge in [-0.2, -0.15) is 4.98 Å². The summed E-state index contributed by atoms with van der Waals surface area (Å²) in [6.45, 7) is 6.07. The molecule has 1 amide bonds. The van der Waals surface area contributed by atoms with E-state index in [-0.39, 0.29) is 5.89 Å². The number of nitrogens with zero attached hydrogens (tertiary/aromatic N) is 5. The zero-order valence-corrected chi connectivity index (χ0v) is 19.8. The first-order valence-electron chi connectivity index (χ1n) is 10.9. The van der Waals surface area contributed by atoms with Crippen molar-refractivity contribution in [1.29, 1.82) is 0 Å². The molecule has 0 unspecified atom stereocenters. The second kappa shape index (κ2) is 8.88. The highest BCUT2D eigenvalue weighted by atomic mass is 32.1. The topological polar surface area (TPSA) is 127 Å². The Labute approximate surface area is 201 Å². The molecule has 1 fully saturated rings. The first-order chi connectivity index (χ1) is 16.4. The third-order valence-corrected chi connectivity index (χ3v) is 7.13. The Kier molecular flexibility index (Phi) is 5.76. The van der Waals surface area contributed by atoms with Crippen molar-refractivity contribution in [3.63, 3.8) is 0 Å². The molecular formula is C24H25N7O2S. The van der Waals surface area contributed by atoms with Crippen molar-refractivity contribution in [2.75, 3.05) is 43.9 Å². The average Bonchev–Trinajstić information content (AvgIpc) is 3.47. The van der Waals surface area contributed by atoms with Gasteiger partial charge in [0, 0.05) is 48.6 Å². The minimum atomic E-state index is -0.514. The van der Waals surface area contributed by atoms with Crippen LogP contribution < -0.4 is 16.4 Å². The number of benzene rings is 2. The van der Waals surface area contributed by atoms with Crippen LogP contribution in [-0.2, 0) is 0 Å². The maximum atomic E-state index is 11.6. The number of piperazine rings is 1. The Morgan fingerprint density at radius 3 is 2.50 bits per heavy atom. The van der Waals surface area contributed by atoms with E-state index in [1.807, 2.05) is 6.92 Å². The third kappa shape index (κ3) is 4.25. The van der Waals surface area contributed by atoms with Crippen LogP contribution in [0.25, 0.3) is 32.7 Å². The van der Waals surface area contributed by atoms with E-state index in [9.17, 15) is 4.79 Å². The van der Waals surface area contributed by atoms with Crippen LogP contribution in [0.3, 0.4) is 0 Å². The number of likely N-dealkylation sites (N-methyl/N-ethyl adjacent to an activating group) is 1. The molecule has 3 heterocycles. The SMILES string of the molecule is Cc1ccc(C(N)=O)cc1-c1noc(-c2sc(-c3ccc(N4CCN(C)CC4)cc3)nc2N)n1. The lowest BCUT2D eigenvalue weighted by molar-refractivity contribution is 0.100. The van der Waals surface area contributed by atoms with Gasteiger partial charge in [0.25, 0.3) is 5.89 Å². The van der Waals surface area contributed by atoms with Crippen LogP contribution in [0.15, 0.2) is 47.0 Å². The Hall–Kier alpha value is -3.76. The Morgan fingerprint density at radius 1 is 1.06 bits per heavy atom. The van der Waals surface area contributed by atoms with Crippen LogP contribution >= 0.6 is 11.3 Å². The second-order valence-electron chi connectivity index (χ2n) is 8.39. The molecule has 0 spiro atoms. The van der Waals surface area contributed by atoms with Gasteiger partial charge in [0.1, 0.15) is 15.7 Å². The van der Waals surface area contributed by atoms with Crippen molar-refractivity contribution >= 4 is 28.7 Å². The van der Waals surface area contributed by atoms with Gasteiger partial charge in [-0.15, -0.1) is 11.3 Å². The predicted molar refractivity (Wildman–Crippen MR) is 134 cm³/mol. The summed E-state index contributed by atoms with van der Waals surface area (Å²) in [5.41, 5.74) is 15.8. The van der Waals surface area contributed by atoms with Gasteiger partial charge < -0.3 is 25.8 Å². The standard InChI is InChI=1S/C24H25N7O2S/c1-14-3-4-16(21(26)32)13-18(14)22-28-23(33-29-22)19-20(25)27-24(34-19)15-5-7-17(8-6-15)31-11-9-30(2)10-12-31/h3-8,13H,9-12,25H2,1-2H3,(H2,26,32). The number of primary amides is 1. The number of rotatable bonds is 5. The highest BCUT2D eigenvalue weighted by molar-refractivity contribution is 7.18. The van der Waals surface area contributed by atoms with Crippen molar-refractivity contribution in [3.05, 3.63) is 53.6 Å². The summed E-state index contributed by atoms with van der Waals surface area (Å²) in [5, 5.41) is 4.87. The van der Waals surface area contributed by atoms with E-state index in [0.29, 0.717) is 27.6 Å². The summed E-state index contributed by atoms with van der Waals surface area (Å²) < 4.78 is 5.50. The van der Waals surface area contributed by atoms with Crippen molar-refractivity contribution in [2.45, 2.75) is 6.92 Å². The highest BCUT2D eigenvalue weighted by Crippen LogP contribution is 2.37. The molecular weight excluding hydrogens is 450 g/mol. The van der Waals surface area contributed by atoms with Crippen molar-refractivity contribution in [1.82, 2.24) is 20.0 Å². The summed E-state index contributed by atoms with van der Waals surface area (Å²) in [7, 11) is 2.15. The molecule has 2 aromatic heterocycles. The van der Waals surface area contributed by atoms with Gasteiger partial charge in [0.2, 0.25) is 11.7 Å². The number of aromatic nitrogens is 3. The molecule has 1 aliphatic rings. The molecule has 0 bridgehead atoms. The quantitative estimate of drug-likeness (QED) is 0.450. The van der Waals surface area contributed by atoms with Crippen LogP contribution in [0.5, 0.6) is 0 Å². The van der Waals surface area contributed by atoms with Gasteiger partial charge in [0.05, 0.1) is 0 Å². The van der Waals surface area contributed by atoms with Crippen molar-refractivity contribution < 1.29 is 9.32 Å². The molecule has 1 aliphatic heterocycles. The van der Waals surface area contributed by atoms with Gasteiger partial charge in [-0.05, 0) is 55.9 Å². The van der Waals surface area contributed by atoms with Crippen molar-refractivity contribution in [2.24, 2.45) is 5.73 Å². The molecule has 10 heteroatoms. The molecule has 9 nitrogen and oxygen atoms in total. The number of hydrogen-bond acceptors (Lipinski definition) is 9. The van der Waals surface area contributed by atoms with Crippen LogP contribution in [-0.4, -0.2) is 59.2 Å². The Bertz CT molecular complexity index is 1340. The normalized spacial score (nSPS) is 14.5. The Balaban J connectivity index is 1.39. The molecule has 5 rings (SSSR count). The molecule has 2 aromatic carbocycles. The number of nitrogens with two attached hydrogens (primary N) is 2. The monoisotopic (exact) mass is 475 g/mol. The summed E-state index contributed by atoms with van der Waals surface area (Å²) in [5.74, 6) is 0.469. The number of nitrogen functional groups attached to an aromatic ring is 1. The molecule has 34 heavy (non-hydrogen) atoms. The second-order valence-corrected chi connectivity index (χ2v) is 9.39. The number of carbonyl (C=O) groups is 1. The van der Waals surface area contributed by atoms with E-state index in [4.69, 9.17) is 16.0 Å². The third-order valence-electron chi connectivity index (χ3n) is 6.02. The van der Waals surface area contributed by atoms with Crippen LogP contribution in [0.2, 0.25) is 0 Å². The van der Waals surface area contributed by atoms with Crippen molar-refractivity contribution in [3.8, 4) is 32.7 Å². The minimum Gasteiger partial charge on any atom is -0.382 e. The fraction of sp³-hybridized carbons (Fsp3) is 0.250. The zero-order chi connectivity index (χ0) is 23.8. The van der Waals surface area contributed by atoms with Gasteiger partial charge in [-0.25, -0.2) is 4.98 Å². The fourth-order valence-corrected chi connectivity index (χ4v) is 4.84. The molecule has 4 N–H and O–H groups in total. The van der Waals surface area contributed by atoms with E-state index in [1.54, 1.807) is 18.2 Å². The first-order valence-corrected chi connectivity index (χ1v) is 11.8. The lowest BCUT2D eigenvalue weighted by Crippen LogP contribution is -2.44. The minimum absolute atomic E-state index is 0.286. The lowest BCUT2D eigenvalue weighted by Gasteiger charge is -2.34. The molecule has 0 radical (unpaired) electrons. The van der Waals surface area contributed by atoms with E-state index < -0.39 is 5.91 Å². The molecule has 174 valence electrons. The largest absolute Gasteiger partial charge is 0.382 e. The number of aryl methyl sites for hydroxylation is 1. The van der Waals surface area contributed by atoms with Gasteiger partial charge >= 0.3 is 0 Å². The summed E-state index contributed by atoms with van der Waals surface area (Å²) in [4.78, 5) is 25.9. The smallest absolute Gasteiger partial charge is 0.272 e. The molecule has 1 saturated heterocycles. The molecule has 0 saturated carbocycles. The van der Waals surface area contributed by atoms with Crippen LogP contribution in [0, 0.1) is 6.92 Å². The molecule has 0 atom stereocenters. The number of hydrogen-bond donors (Lipinski definition) is 2. The predicted octanol–water partition coefficient (Wildman–Crippen LogP) is 3.27. The Morgan fingerprint density at radius 2 is 1.79 bits per heavy atom. The summed E-state index contributed by atoms with van der Waals surface area (Å²) in [6, 6.07) is 13.5. The summed E-state index contributed by atoms with van der Waals surface area (Å²) in [6.07, 6.45) is 0. The van der Waals surface area contributed by atoms with E-state index in [1.165, 1.54) is 17.0 Å². The van der Waals surface area contributed by atoms with Crippen LogP contribution in [0.1, 0.15) is 15.9 Å².